The van der Waals surface area contributed by atoms with Crippen molar-refractivity contribution < 1.29 is 9.66 Å². The molecule has 22 heavy (non-hydrogen) atoms. The van der Waals surface area contributed by atoms with E-state index < -0.39 is 0 Å². The third kappa shape index (κ3) is 2.67. The Hall–Kier alpha value is -2.40. The Kier molecular flexibility index (Phi) is 3.81. The lowest BCUT2D eigenvalue weighted by atomic mass is 9.84. The molecule has 5 nitrogen and oxygen atoms in total. The van der Waals surface area contributed by atoms with Gasteiger partial charge in [0.2, 0.25) is 0 Å². The van der Waals surface area contributed by atoms with E-state index in [1.54, 1.807) is 19.2 Å². The zero-order valence-electron chi connectivity index (χ0n) is 12.7. The average molecular weight is 298 g/mol. The van der Waals surface area contributed by atoms with E-state index in [-0.39, 0.29) is 16.5 Å². The Morgan fingerprint density at radius 1 is 1.23 bits per heavy atom. The third-order valence-electron chi connectivity index (χ3n) is 4.17. The van der Waals surface area contributed by atoms with Crippen LogP contribution in [0.2, 0.25) is 0 Å². The van der Waals surface area contributed by atoms with Gasteiger partial charge in [-0.15, -0.1) is 0 Å². The van der Waals surface area contributed by atoms with Gasteiger partial charge in [-0.2, -0.15) is 0 Å². The summed E-state index contributed by atoms with van der Waals surface area (Å²) in [5.41, 5.74) is 3.75. The second-order valence-electron chi connectivity index (χ2n) is 5.66. The molecule has 0 aliphatic carbocycles. The Bertz CT molecular complexity index is 698. The molecule has 0 saturated carbocycles. The molecule has 1 atom stereocenters. The van der Waals surface area contributed by atoms with Gasteiger partial charge in [0, 0.05) is 31.1 Å². The van der Waals surface area contributed by atoms with Crippen molar-refractivity contribution in [1.29, 1.82) is 0 Å². The molecule has 0 radical (unpaired) electrons. The molecule has 0 saturated heterocycles. The van der Waals surface area contributed by atoms with E-state index in [0.717, 1.165) is 24.4 Å². The fraction of sp³-hybridized carbons (Fsp3) is 0.294. The fourth-order valence-corrected chi connectivity index (χ4v) is 3.06. The van der Waals surface area contributed by atoms with E-state index in [9.17, 15) is 10.1 Å². The Labute approximate surface area is 129 Å². The number of nitrogens with zero attached hydrogens (tertiary/aromatic N) is 2. The number of benzene rings is 2. The lowest BCUT2D eigenvalue weighted by Crippen LogP contribution is -2.30. The summed E-state index contributed by atoms with van der Waals surface area (Å²) >= 11 is 0. The Morgan fingerprint density at radius 2 is 1.95 bits per heavy atom. The van der Waals surface area contributed by atoms with Gasteiger partial charge in [-0.05, 0) is 35.9 Å². The quantitative estimate of drug-likeness (QED) is 0.645. The van der Waals surface area contributed by atoms with Gasteiger partial charge in [0.1, 0.15) is 5.75 Å². The topological polar surface area (TPSA) is 55.6 Å². The molecule has 1 unspecified atom stereocenters. The van der Waals surface area contributed by atoms with Gasteiger partial charge in [-0.1, -0.05) is 18.2 Å². The maximum absolute atomic E-state index is 10.8. The molecule has 0 amide bonds. The number of ether oxygens (including phenoxy) is 1. The summed E-state index contributed by atoms with van der Waals surface area (Å²) in [5.74, 6) is 1.08. The molecule has 1 heterocycles. The highest BCUT2D eigenvalue weighted by Crippen LogP contribution is 2.35. The molecule has 2 aromatic rings. The highest BCUT2D eigenvalue weighted by molar-refractivity contribution is 5.45. The van der Waals surface area contributed by atoms with E-state index in [1.807, 2.05) is 18.2 Å². The average Bonchev–Trinajstić information content (AvgIpc) is 2.53. The van der Waals surface area contributed by atoms with E-state index in [1.165, 1.54) is 11.1 Å². The maximum Gasteiger partial charge on any atom is 0.269 e. The number of rotatable bonds is 3. The van der Waals surface area contributed by atoms with Crippen LogP contribution in [0.1, 0.15) is 22.6 Å². The molecule has 114 valence electrons. The van der Waals surface area contributed by atoms with Crippen molar-refractivity contribution in [1.82, 2.24) is 4.90 Å². The second kappa shape index (κ2) is 5.77. The maximum atomic E-state index is 10.8. The molecular formula is C17H18N2O3. The molecule has 1 aliphatic heterocycles. The van der Waals surface area contributed by atoms with Crippen LogP contribution >= 0.6 is 0 Å². The fourth-order valence-electron chi connectivity index (χ4n) is 3.06. The van der Waals surface area contributed by atoms with Crippen molar-refractivity contribution in [2.75, 3.05) is 20.7 Å². The monoisotopic (exact) mass is 298 g/mol. The number of hydrogen-bond acceptors (Lipinski definition) is 4. The smallest absolute Gasteiger partial charge is 0.269 e. The second-order valence-corrected chi connectivity index (χ2v) is 5.66. The number of non-ortho nitro benzene ring substituents is 1. The third-order valence-corrected chi connectivity index (χ3v) is 4.17. The molecule has 3 rings (SSSR count). The number of fused-ring (bicyclic) bond motifs is 1. The first-order valence-electron chi connectivity index (χ1n) is 7.18. The molecule has 1 aliphatic rings. The van der Waals surface area contributed by atoms with Crippen LogP contribution in [0, 0.1) is 10.1 Å². The van der Waals surface area contributed by atoms with Gasteiger partial charge in [0.05, 0.1) is 12.0 Å². The zero-order valence-corrected chi connectivity index (χ0v) is 12.7. The molecule has 0 spiro atoms. The first-order valence-corrected chi connectivity index (χ1v) is 7.18. The lowest BCUT2D eigenvalue weighted by Gasteiger charge is -2.32. The summed E-state index contributed by atoms with van der Waals surface area (Å²) in [5, 5.41) is 10.8. The minimum absolute atomic E-state index is 0.128. The summed E-state index contributed by atoms with van der Waals surface area (Å²) < 4.78 is 5.31. The van der Waals surface area contributed by atoms with Crippen LogP contribution in [-0.4, -0.2) is 30.5 Å². The van der Waals surface area contributed by atoms with Crippen LogP contribution < -0.4 is 4.74 Å². The Morgan fingerprint density at radius 3 is 2.59 bits per heavy atom. The molecule has 0 aromatic heterocycles. The first kappa shape index (κ1) is 14.5. The van der Waals surface area contributed by atoms with Crippen LogP contribution in [0.3, 0.4) is 0 Å². The molecule has 0 fully saturated rings. The van der Waals surface area contributed by atoms with Gasteiger partial charge >= 0.3 is 0 Å². The highest BCUT2D eigenvalue weighted by Gasteiger charge is 2.25. The molecule has 2 aromatic carbocycles. The van der Waals surface area contributed by atoms with Gasteiger partial charge in [-0.3, -0.25) is 10.1 Å². The van der Waals surface area contributed by atoms with Crippen LogP contribution in [0.25, 0.3) is 0 Å². The largest absolute Gasteiger partial charge is 0.497 e. The number of nitro groups is 1. The number of hydrogen-bond donors (Lipinski definition) is 0. The van der Waals surface area contributed by atoms with Gasteiger partial charge < -0.3 is 9.64 Å². The standard InChI is InChI=1S/C17H18N2O3/c1-18-10-13-9-15(22-2)7-8-16(13)17(11-18)12-3-5-14(6-4-12)19(20)21/h3-9,17H,10-11H2,1-2H3. The van der Waals surface area contributed by atoms with Crippen molar-refractivity contribution in [2.45, 2.75) is 12.5 Å². The van der Waals surface area contributed by atoms with Gasteiger partial charge in [-0.25, -0.2) is 0 Å². The van der Waals surface area contributed by atoms with Crippen LogP contribution in [0.15, 0.2) is 42.5 Å². The number of nitro benzene ring substituents is 1. The first-order chi connectivity index (χ1) is 10.6. The van der Waals surface area contributed by atoms with E-state index in [4.69, 9.17) is 4.74 Å². The Balaban J connectivity index is 1.99. The minimum Gasteiger partial charge on any atom is -0.497 e. The van der Waals surface area contributed by atoms with Crippen molar-refractivity contribution in [3.8, 4) is 5.75 Å². The van der Waals surface area contributed by atoms with Crippen LogP contribution in [-0.2, 0) is 6.54 Å². The van der Waals surface area contributed by atoms with Crippen molar-refractivity contribution in [3.05, 3.63) is 69.3 Å². The highest BCUT2D eigenvalue weighted by atomic mass is 16.6. The predicted molar refractivity (Wildman–Crippen MR) is 84.3 cm³/mol. The summed E-state index contributed by atoms with van der Waals surface area (Å²) in [6.07, 6.45) is 0. The minimum atomic E-state index is -0.365. The van der Waals surface area contributed by atoms with Crippen molar-refractivity contribution in [3.63, 3.8) is 0 Å². The molecular weight excluding hydrogens is 280 g/mol. The molecule has 5 heteroatoms. The predicted octanol–water partition coefficient (Wildman–Crippen LogP) is 3.18. The van der Waals surface area contributed by atoms with Crippen LogP contribution in [0.4, 0.5) is 5.69 Å². The van der Waals surface area contributed by atoms with Crippen LogP contribution in [0.5, 0.6) is 5.75 Å². The molecule has 0 N–H and O–H groups in total. The number of likely N-dealkylation sites (N-methyl/N-ethyl adjacent to an activating group) is 1. The SMILES string of the molecule is COc1ccc2c(c1)CN(C)CC2c1ccc([N+](=O)[O-])cc1. The van der Waals surface area contributed by atoms with E-state index >= 15 is 0 Å². The summed E-state index contributed by atoms with van der Waals surface area (Å²) in [7, 11) is 3.75. The summed E-state index contributed by atoms with van der Waals surface area (Å²) in [6.45, 7) is 1.78. The molecule has 0 bridgehead atoms. The van der Waals surface area contributed by atoms with E-state index in [2.05, 4.69) is 24.1 Å². The normalized spacial score (nSPS) is 17.8. The van der Waals surface area contributed by atoms with Gasteiger partial charge in [0.15, 0.2) is 0 Å². The number of methoxy groups -OCH3 is 1. The van der Waals surface area contributed by atoms with Crippen molar-refractivity contribution in [2.24, 2.45) is 0 Å². The van der Waals surface area contributed by atoms with Gasteiger partial charge in [0.25, 0.3) is 5.69 Å². The summed E-state index contributed by atoms with van der Waals surface area (Å²) in [4.78, 5) is 12.7. The van der Waals surface area contributed by atoms with E-state index in [0.29, 0.717) is 0 Å². The lowest BCUT2D eigenvalue weighted by molar-refractivity contribution is -0.384. The summed E-state index contributed by atoms with van der Waals surface area (Å²) in [6, 6.07) is 13.0. The van der Waals surface area contributed by atoms with Crippen molar-refractivity contribution >= 4 is 5.69 Å². The zero-order chi connectivity index (χ0) is 15.7.